The topological polar surface area (TPSA) is 91.5 Å². The average molecular weight is 328 g/mol. The summed E-state index contributed by atoms with van der Waals surface area (Å²) >= 11 is 0. The molecule has 2 aliphatic rings. The Morgan fingerprint density at radius 2 is 2.08 bits per heavy atom. The molecule has 1 aliphatic carbocycles. The molecule has 1 saturated heterocycles. The molecule has 0 radical (unpaired) electrons. The fourth-order valence-electron chi connectivity index (χ4n) is 3.48. The van der Waals surface area contributed by atoms with Crippen molar-refractivity contribution >= 4 is 11.8 Å². The first kappa shape index (κ1) is 15.1. The minimum absolute atomic E-state index is 0.0359. The van der Waals surface area contributed by atoms with E-state index < -0.39 is 5.97 Å². The number of aliphatic hydroxyl groups excluding tert-OH is 1. The summed E-state index contributed by atoms with van der Waals surface area (Å²) < 4.78 is 1.59. The van der Waals surface area contributed by atoms with Crippen LogP contribution in [-0.4, -0.2) is 50.6 Å². The van der Waals surface area contributed by atoms with Gasteiger partial charge in [-0.05, 0) is 29.9 Å². The maximum atomic E-state index is 11.0. The largest absolute Gasteiger partial charge is 0.478 e. The number of aliphatic hydroxyl groups is 1. The van der Waals surface area contributed by atoms with Crippen molar-refractivity contribution in [3.63, 3.8) is 0 Å². The summed E-state index contributed by atoms with van der Waals surface area (Å²) in [6.07, 6.45) is 4.68. The molecular weight excluding hydrogens is 308 g/mol. The van der Waals surface area contributed by atoms with E-state index in [-0.39, 0.29) is 12.2 Å². The number of carboxylic acid groups (broad SMARTS) is 1. The van der Waals surface area contributed by atoms with E-state index in [9.17, 15) is 9.90 Å². The molecule has 2 fully saturated rings. The number of piperidine rings is 1. The number of aromatic carboxylic acids is 1. The normalized spacial score (nSPS) is 21.8. The predicted molar refractivity (Wildman–Crippen MR) is 87.1 cm³/mol. The van der Waals surface area contributed by atoms with Crippen LogP contribution >= 0.6 is 0 Å². The van der Waals surface area contributed by atoms with Crippen molar-refractivity contribution in [3.8, 4) is 0 Å². The molecule has 2 aromatic heterocycles. The molecule has 126 valence electrons. The molecule has 1 aliphatic heterocycles. The van der Waals surface area contributed by atoms with Crippen LogP contribution in [0.2, 0.25) is 0 Å². The van der Waals surface area contributed by atoms with E-state index in [2.05, 4.69) is 10.00 Å². The summed E-state index contributed by atoms with van der Waals surface area (Å²) in [7, 11) is 0. The highest BCUT2D eigenvalue weighted by Gasteiger charge is 2.45. The van der Waals surface area contributed by atoms with Gasteiger partial charge in [0.25, 0.3) is 0 Å². The molecule has 7 nitrogen and oxygen atoms in total. The van der Waals surface area contributed by atoms with Gasteiger partial charge >= 0.3 is 5.97 Å². The zero-order chi connectivity index (χ0) is 16.7. The summed E-state index contributed by atoms with van der Waals surface area (Å²) in [6.45, 7) is 2.64. The van der Waals surface area contributed by atoms with Crippen LogP contribution in [0.3, 0.4) is 0 Å². The minimum atomic E-state index is -0.988. The Morgan fingerprint density at radius 1 is 1.29 bits per heavy atom. The van der Waals surface area contributed by atoms with E-state index in [1.54, 1.807) is 4.68 Å². The zero-order valence-electron chi connectivity index (χ0n) is 13.3. The van der Waals surface area contributed by atoms with Gasteiger partial charge in [0, 0.05) is 32.3 Å². The van der Waals surface area contributed by atoms with Gasteiger partial charge in [-0.3, -0.25) is 4.68 Å². The third kappa shape index (κ3) is 2.87. The summed E-state index contributed by atoms with van der Waals surface area (Å²) in [5.41, 5.74) is 1.97. The molecule has 2 unspecified atom stereocenters. The van der Waals surface area contributed by atoms with E-state index in [4.69, 9.17) is 10.1 Å². The standard InChI is InChI=1S/C17H20N4O3/c22-4-3-15-11(9-21-10-14(6-18-21)17(23)24)1-2-16(19-15)20-7-12-5-13(12)8-20/h1-2,6,10,12-13,22H,3-5,7-9H2,(H,23,24). The van der Waals surface area contributed by atoms with Crippen molar-refractivity contribution in [2.75, 3.05) is 24.6 Å². The van der Waals surface area contributed by atoms with Crippen LogP contribution in [0.5, 0.6) is 0 Å². The number of carbonyl (C=O) groups is 1. The van der Waals surface area contributed by atoms with Gasteiger partial charge in [-0.15, -0.1) is 0 Å². The highest BCUT2D eigenvalue weighted by Crippen LogP contribution is 2.45. The lowest BCUT2D eigenvalue weighted by Gasteiger charge is -2.20. The Labute approximate surface area is 139 Å². The first-order valence-electron chi connectivity index (χ1n) is 8.24. The number of aromatic nitrogens is 3. The third-order valence-electron chi connectivity index (χ3n) is 4.92. The number of rotatable bonds is 6. The van der Waals surface area contributed by atoms with Crippen molar-refractivity contribution in [2.45, 2.75) is 19.4 Å². The van der Waals surface area contributed by atoms with Crippen molar-refractivity contribution in [1.82, 2.24) is 14.8 Å². The molecule has 0 amide bonds. The molecule has 3 heterocycles. The van der Waals surface area contributed by atoms with Crippen LogP contribution in [0, 0.1) is 11.8 Å². The van der Waals surface area contributed by atoms with Crippen LogP contribution < -0.4 is 4.90 Å². The second kappa shape index (κ2) is 5.90. The second-order valence-corrected chi connectivity index (χ2v) is 6.64. The molecular formula is C17H20N4O3. The van der Waals surface area contributed by atoms with Gasteiger partial charge in [-0.1, -0.05) is 6.07 Å². The van der Waals surface area contributed by atoms with Gasteiger partial charge in [-0.2, -0.15) is 5.10 Å². The summed E-state index contributed by atoms with van der Waals surface area (Å²) in [6, 6.07) is 4.03. The number of nitrogens with zero attached hydrogens (tertiary/aromatic N) is 4. The van der Waals surface area contributed by atoms with Crippen LogP contribution in [-0.2, 0) is 13.0 Å². The summed E-state index contributed by atoms with van der Waals surface area (Å²) in [5.74, 6) is 1.66. The van der Waals surface area contributed by atoms with Crippen LogP contribution in [0.15, 0.2) is 24.5 Å². The molecule has 7 heteroatoms. The van der Waals surface area contributed by atoms with E-state index in [0.717, 1.165) is 42.0 Å². The lowest BCUT2D eigenvalue weighted by atomic mass is 10.1. The van der Waals surface area contributed by atoms with Crippen LogP contribution in [0.1, 0.15) is 28.0 Å². The average Bonchev–Trinajstić information content (AvgIpc) is 2.98. The van der Waals surface area contributed by atoms with Gasteiger partial charge < -0.3 is 15.1 Å². The number of fused-ring (bicyclic) bond motifs is 1. The van der Waals surface area contributed by atoms with Crippen LogP contribution in [0.4, 0.5) is 5.82 Å². The van der Waals surface area contributed by atoms with Crippen molar-refractivity contribution in [2.24, 2.45) is 11.8 Å². The van der Waals surface area contributed by atoms with Crippen molar-refractivity contribution in [1.29, 1.82) is 0 Å². The molecule has 0 spiro atoms. The molecule has 4 rings (SSSR count). The van der Waals surface area contributed by atoms with Crippen molar-refractivity contribution in [3.05, 3.63) is 41.3 Å². The van der Waals surface area contributed by atoms with E-state index >= 15 is 0 Å². The Kier molecular flexibility index (Phi) is 3.72. The van der Waals surface area contributed by atoms with E-state index in [1.165, 1.54) is 18.8 Å². The SMILES string of the molecule is O=C(O)c1cnn(Cc2ccc(N3CC4CC4C3)nc2CCO)c1. The highest BCUT2D eigenvalue weighted by molar-refractivity contribution is 5.86. The highest BCUT2D eigenvalue weighted by atomic mass is 16.4. The molecule has 24 heavy (non-hydrogen) atoms. The Balaban J connectivity index is 1.55. The first-order chi connectivity index (χ1) is 11.6. The number of hydrogen-bond acceptors (Lipinski definition) is 5. The maximum Gasteiger partial charge on any atom is 0.338 e. The second-order valence-electron chi connectivity index (χ2n) is 6.64. The van der Waals surface area contributed by atoms with Crippen LogP contribution in [0.25, 0.3) is 0 Å². The molecule has 0 bridgehead atoms. The smallest absolute Gasteiger partial charge is 0.338 e. The predicted octanol–water partition coefficient (Wildman–Crippen LogP) is 1.02. The van der Waals surface area contributed by atoms with Crippen molar-refractivity contribution < 1.29 is 15.0 Å². The van der Waals surface area contributed by atoms with E-state index in [0.29, 0.717) is 13.0 Å². The lowest BCUT2D eigenvalue weighted by molar-refractivity contribution is 0.0696. The van der Waals surface area contributed by atoms with Gasteiger partial charge in [0.1, 0.15) is 5.82 Å². The lowest BCUT2D eigenvalue weighted by Crippen LogP contribution is -2.23. The van der Waals surface area contributed by atoms with Gasteiger partial charge in [0.15, 0.2) is 0 Å². The molecule has 2 atom stereocenters. The molecule has 2 aromatic rings. The quantitative estimate of drug-likeness (QED) is 0.822. The third-order valence-corrected chi connectivity index (χ3v) is 4.92. The Bertz CT molecular complexity index is 763. The first-order valence-corrected chi connectivity index (χ1v) is 8.24. The molecule has 2 N–H and O–H groups in total. The Morgan fingerprint density at radius 3 is 2.75 bits per heavy atom. The molecule has 0 aromatic carbocycles. The number of pyridine rings is 1. The number of anilines is 1. The molecule has 1 saturated carbocycles. The number of carboxylic acids is 1. The van der Waals surface area contributed by atoms with E-state index in [1.807, 2.05) is 12.1 Å². The summed E-state index contributed by atoms with van der Waals surface area (Å²) in [4.78, 5) is 18.0. The van der Waals surface area contributed by atoms with Gasteiger partial charge in [0.2, 0.25) is 0 Å². The maximum absolute atomic E-state index is 11.0. The Hall–Kier alpha value is -2.41. The van der Waals surface area contributed by atoms with Gasteiger partial charge in [-0.25, -0.2) is 9.78 Å². The monoisotopic (exact) mass is 328 g/mol. The van der Waals surface area contributed by atoms with Gasteiger partial charge in [0.05, 0.1) is 24.0 Å². The fraction of sp³-hybridized carbons (Fsp3) is 0.471. The zero-order valence-corrected chi connectivity index (χ0v) is 13.3. The fourth-order valence-corrected chi connectivity index (χ4v) is 3.48. The summed E-state index contributed by atoms with van der Waals surface area (Å²) in [5, 5.41) is 22.4. The minimum Gasteiger partial charge on any atom is -0.478 e. The number of hydrogen-bond donors (Lipinski definition) is 2.